The highest BCUT2D eigenvalue weighted by molar-refractivity contribution is 9.10. The molecule has 0 saturated carbocycles. The number of hydrogen-bond donors (Lipinski definition) is 1. The van der Waals surface area contributed by atoms with E-state index in [2.05, 4.69) is 51.9 Å². The van der Waals surface area contributed by atoms with E-state index in [0.717, 1.165) is 15.9 Å². The molecule has 0 fully saturated rings. The largest absolute Gasteiger partial charge is 0.483 e. The van der Waals surface area contributed by atoms with Crippen LogP contribution in [0.4, 0.5) is 5.69 Å². The minimum atomic E-state index is -0.314. The predicted molar refractivity (Wildman–Crippen MR) is 133 cm³/mol. The third-order valence-electron chi connectivity index (χ3n) is 4.74. The summed E-state index contributed by atoms with van der Waals surface area (Å²) in [5.74, 6) is 2.01. The van der Waals surface area contributed by atoms with Crippen molar-refractivity contribution in [1.82, 2.24) is 14.8 Å². The molecule has 0 spiro atoms. The first kappa shape index (κ1) is 24.1. The number of ether oxygens (including phenoxy) is 1. The molecule has 1 aromatic heterocycles. The number of aromatic nitrogens is 3. The van der Waals surface area contributed by atoms with Crippen molar-refractivity contribution in [3.63, 3.8) is 0 Å². The molecule has 32 heavy (non-hydrogen) atoms. The lowest BCUT2D eigenvalue weighted by Gasteiger charge is -2.15. The fourth-order valence-electron chi connectivity index (χ4n) is 3.06. The van der Waals surface area contributed by atoms with E-state index >= 15 is 0 Å². The van der Waals surface area contributed by atoms with Gasteiger partial charge in [-0.1, -0.05) is 59.7 Å². The molecule has 0 aliphatic heterocycles. The second-order valence-corrected chi connectivity index (χ2v) is 9.43. The van der Waals surface area contributed by atoms with Crippen LogP contribution in [-0.2, 0) is 11.3 Å². The lowest BCUT2D eigenvalue weighted by molar-refractivity contribution is -0.113. The molecule has 0 aliphatic rings. The number of thioether (sulfide) groups is 1. The Hall–Kier alpha value is -2.58. The Labute approximate surface area is 201 Å². The van der Waals surface area contributed by atoms with Crippen LogP contribution in [0.25, 0.3) is 0 Å². The Morgan fingerprint density at radius 3 is 2.47 bits per heavy atom. The topological polar surface area (TPSA) is 69.0 Å². The summed E-state index contributed by atoms with van der Waals surface area (Å²) in [7, 11) is 0. The highest BCUT2D eigenvalue weighted by Crippen LogP contribution is 2.26. The van der Waals surface area contributed by atoms with E-state index in [-0.39, 0.29) is 17.8 Å². The van der Waals surface area contributed by atoms with Gasteiger partial charge in [-0.05, 0) is 54.8 Å². The maximum absolute atomic E-state index is 12.4. The number of carbonyl (C=O) groups excluding carboxylic acids is 1. The number of allylic oxidation sites excluding steroid dienone is 1. The molecule has 1 N–H and O–H groups in total. The summed E-state index contributed by atoms with van der Waals surface area (Å²) in [6.45, 7) is 10.6. The van der Waals surface area contributed by atoms with Gasteiger partial charge in [0, 0.05) is 16.7 Å². The molecule has 2 aromatic carbocycles. The monoisotopic (exact) mass is 514 g/mol. The Morgan fingerprint density at radius 2 is 1.84 bits per heavy atom. The minimum Gasteiger partial charge on any atom is -0.483 e. The lowest BCUT2D eigenvalue weighted by Crippen LogP contribution is -2.15. The van der Waals surface area contributed by atoms with Crippen LogP contribution in [0, 0.1) is 0 Å². The minimum absolute atomic E-state index is 0.0961. The molecule has 1 amide bonds. The van der Waals surface area contributed by atoms with Crippen molar-refractivity contribution in [2.45, 2.75) is 44.5 Å². The maximum Gasteiger partial charge on any atom is 0.234 e. The van der Waals surface area contributed by atoms with Crippen LogP contribution in [0.1, 0.15) is 44.2 Å². The summed E-state index contributed by atoms with van der Waals surface area (Å²) < 4.78 is 8.93. The van der Waals surface area contributed by atoms with E-state index in [1.165, 1.54) is 17.3 Å². The van der Waals surface area contributed by atoms with Gasteiger partial charge in [-0.25, -0.2) is 0 Å². The number of nitrogens with one attached hydrogen (secondary N) is 1. The molecule has 168 valence electrons. The van der Waals surface area contributed by atoms with E-state index in [9.17, 15) is 4.79 Å². The first-order chi connectivity index (χ1) is 15.4. The van der Waals surface area contributed by atoms with Gasteiger partial charge in [-0.2, -0.15) is 0 Å². The summed E-state index contributed by atoms with van der Waals surface area (Å²) in [5, 5.41) is 12.2. The number of benzene rings is 2. The SMILES string of the molecule is C=CCn1c(SCC(=O)Nc2ccc(C(C)C)cc2)nnc1C(C)Oc1ccc(Br)cc1. The van der Waals surface area contributed by atoms with Crippen molar-refractivity contribution < 1.29 is 9.53 Å². The van der Waals surface area contributed by atoms with Crippen LogP contribution in [0.2, 0.25) is 0 Å². The lowest BCUT2D eigenvalue weighted by atomic mass is 10.0. The molecule has 1 heterocycles. The Kier molecular flexibility index (Phi) is 8.53. The number of amides is 1. The summed E-state index contributed by atoms with van der Waals surface area (Å²) in [4.78, 5) is 12.4. The fraction of sp³-hybridized carbons (Fsp3) is 0.292. The molecule has 8 heteroatoms. The van der Waals surface area contributed by atoms with Crippen LogP contribution >= 0.6 is 27.7 Å². The number of nitrogens with zero attached hydrogens (tertiary/aromatic N) is 3. The molecule has 6 nitrogen and oxygen atoms in total. The summed E-state index contributed by atoms with van der Waals surface area (Å²) in [6.07, 6.45) is 1.46. The zero-order valence-corrected chi connectivity index (χ0v) is 20.8. The third kappa shape index (κ3) is 6.46. The summed E-state index contributed by atoms with van der Waals surface area (Å²) in [5.41, 5.74) is 2.02. The predicted octanol–water partition coefficient (Wildman–Crippen LogP) is 6.22. The second-order valence-electron chi connectivity index (χ2n) is 7.57. The van der Waals surface area contributed by atoms with Gasteiger partial charge in [-0.15, -0.1) is 16.8 Å². The zero-order valence-electron chi connectivity index (χ0n) is 18.4. The molecule has 1 atom stereocenters. The molecule has 0 saturated heterocycles. The number of hydrogen-bond acceptors (Lipinski definition) is 5. The fourth-order valence-corrected chi connectivity index (χ4v) is 4.08. The van der Waals surface area contributed by atoms with E-state index in [1.807, 2.05) is 60.0 Å². The normalized spacial score (nSPS) is 11.9. The number of rotatable bonds is 10. The number of halogens is 1. The molecular weight excluding hydrogens is 488 g/mol. The zero-order chi connectivity index (χ0) is 23.1. The van der Waals surface area contributed by atoms with Gasteiger partial charge in [0.05, 0.1) is 5.75 Å². The van der Waals surface area contributed by atoms with Crippen molar-refractivity contribution >= 4 is 39.3 Å². The molecule has 0 aliphatic carbocycles. The van der Waals surface area contributed by atoms with E-state index in [0.29, 0.717) is 23.4 Å². The van der Waals surface area contributed by atoms with Crippen LogP contribution in [0.3, 0.4) is 0 Å². The van der Waals surface area contributed by atoms with Gasteiger partial charge in [-0.3, -0.25) is 9.36 Å². The van der Waals surface area contributed by atoms with Gasteiger partial charge in [0.15, 0.2) is 17.1 Å². The Morgan fingerprint density at radius 1 is 1.16 bits per heavy atom. The molecule has 0 radical (unpaired) electrons. The van der Waals surface area contributed by atoms with Crippen LogP contribution in [0.5, 0.6) is 5.75 Å². The van der Waals surface area contributed by atoms with Crippen molar-refractivity contribution in [3.05, 3.63) is 77.0 Å². The molecular formula is C24H27BrN4O2S. The van der Waals surface area contributed by atoms with Gasteiger partial charge >= 0.3 is 0 Å². The van der Waals surface area contributed by atoms with Crippen LogP contribution in [0.15, 0.2) is 70.8 Å². The average molecular weight is 515 g/mol. The number of anilines is 1. The molecule has 0 bridgehead atoms. The first-order valence-electron chi connectivity index (χ1n) is 10.4. The van der Waals surface area contributed by atoms with E-state index < -0.39 is 0 Å². The summed E-state index contributed by atoms with van der Waals surface area (Å²) >= 11 is 4.76. The van der Waals surface area contributed by atoms with Crippen LogP contribution < -0.4 is 10.1 Å². The Balaban J connectivity index is 1.63. The van der Waals surface area contributed by atoms with Crippen molar-refractivity contribution in [1.29, 1.82) is 0 Å². The smallest absolute Gasteiger partial charge is 0.234 e. The third-order valence-corrected chi connectivity index (χ3v) is 6.24. The van der Waals surface area contributed by atoms with Crippen molar-refractivity contribution in [2.24, 2.45) is 0 Å². The molecule has 1 unspecified atom stereocenters. The average Bonchev–Trinajstić information content (AvgIpc) is 3.17. The highest BCUT2D eigenvalue weighted by atomic mass is 79.9. The summed E-state index contributed by atoms with van der Waals surface area (Å²) in [6, 6.07) is 15.6. The van der Waals surface area contributed by atoms with E-state index in [1.54, 1.807) is 6.08 Å². The first-order valence-corrected chi connectivity index (χ1v) is 12.1. The van der Waals surface area contributed by atoms with Gasteiger partial charge in [0.25, 0.3) is 0 Å². The standard InChI is InChI=1S/C24H27BrN4O2S/c1-5-14-29-23(17(4)31-21-12-8-19(25)9-13-21)27-28-24(29)32-15-22(30)26-20-10-6-18(7-11-20)16(2)3/h5-13,16-17H,1,14-15H2,2-4H3,(H,26,30). The van der Waals surface area contributed by atoms with Crippen molar-refractivity contribution in [3.8, 4) is 5.75 Å². The quantitative estimate of drug-likeness (QED) is 0.257. The maximum atomic E-state index is 12.4. The van der Waals surface area contributed by atoms with Gasteiger partial charge in [0.2, 0.25) is 5.91 Å². The molecule has 3 aromatic rings. The van der Waals surface area contributed by atoms with Gasteiger partial charge < -0.3 is 10.1 Å². The molecule has 3 rings (SSSR count). The number of carbonyl (C=O) groups is 1. The van der Waals surface area contributed by atoms with Gasteiger partial charge in [0.1, 0.15) is 5.75 Å². The second kappa shape index (κ2) is 11.3. The Bertz CT molecular complexity index is 1050. The van der Waals surface area contributed by atoms with Crippen LogP contribution in [-0.4, -0.2) is 26.4 Å². The van der Waals surface area contributed by atoms with E-state index in [4.69, 9.17) is 4.74 Å². The highest BCUT2D eigenvalue weighted by Gasteiger charge is 2.20. The van der Waals surface area contributed by atoms with Crippen molar-refractivity contribution in [2.75, 3.05) is 11.1 Å².